The minimum absolute atomic E-state index is 0.120. The molecular weight excluding hydrogens is 436 g/mol. The van der Waals surface area contributed by atoms with E-state index in [4.69, 9.17) is 4.74 Å². The molecule has 176 valence electrons. The number of nitrogens with one attached hydrogen (secondary N) is 2. The lowest BCUT2D eigenvalue weighted by Gasteiger charge is -2.34. The number of benzene rings is 2. The van der Waals surface area contributed by atoms with Gasteiger partial charge in [0.05, 0.1) is 11.3 Å². The molecule has 7 heteroatoms. The third-order valence-corrected chi connectivity index (χ3v) is 7.26. The Bertz CT molecular complexity index is 977. The van der Waals surface area contributed by atoms with Gasteiger partial charge in [0.25, 0.3) is 5.91 Å². The predicted octanol–water partition coefficient (Wildman–Crippen LogP) is 4.82. The van der Waals surface area contributed by atoms with Gasteiger partial charge in [-0.1, -0.05) is 56.5 Å². The topological polar surface area (TPSA) is 84.5 Å². The van der Waals surface area contributed by atoms with E-state index >= 15 is 0 Å². The molecule has 0 aliphatic heterocycles. The first-order chi connectivity index (χ1) is 15.8. The van der Waals surface area contributed by atoms with Crippen LogP contribution in [0.3, 0.4) is 0 Å². The monoisotopic (exact) mass is 468 g/mol. The highest BCUT2D eigenvalue weighted by atomic mass is 32.2. The van der Waals surface area contributed by atoms with Crippen molar-refractivity contribution < 1.29 is 19.1 Å². The molecule has 1 aliphatic rings. The number of carbonyl (C=O) groups is 3. The second kappa shape index (κ2) is 11.9. The molecule has 2 aromatic carbocycles. The summed E-state index contributed by atoms with van der Waals surface area (Å²) in [4.78, 5) is 37.9. The van der Waals surface area contributed by atoms with Crippen LogP contribution in [0.15, 0.2) is 53.4 Å². The first kappa shape index (κ1) is 24.8. The van der Waals surface area contributed by atoms with Crippen LogP contribution < -0.4 is 10.6 Å². The standard InChI is InChI=1S/C26H32N2O4S/c1-17-11-13-20(14-12-17)27-25(30)16-33-23-10-5-4-8-21(23)26(31)32-15-24(29)28-22-9-6-7-18(2)19(22)3/h4-5,8,10-14,18-19,22H,6-7,9,15-16H2,1-3H3,(H,27,30)(H,28,29)/t18-,19-,22-/m0/s1. The zero-order valence-corrected chi connectivity index (χ0v) is 20.2. The molecule has 6 nitrogen and oxygen atoms in total. The number of esters is 1. The van der Waals surface area contributed by atoms with Crippen LogP contribution in [0, 0.1) is 18.8 Å². The third kappa shape index (κ3) is 7.35. The smallest absolute Gasteiger partial charge is 0.339 e. The molecule has 0 unspecified atom stereocenters. The summed E-state index contributed by atoms with van der Waals surface area (Å²) >= 11 is 1.26. The number of ether oxygens (including phenoxy) is 1. The van der Waals surface area contributed by atoms with Crippen LogP contribution >= 0.6 is 11.8 Å². The van der Waals surface area contributed by atoms with E-state index in [1.165, 1.54) is 18.2 Å². The Kier molecular flexibility index (Phi) is 8.95. The molecule has 0 aromatic heterocycles. The van der Waals surface area contributed by atoms with Crippen LogP contribution in [0.25, 0.3) is 0 Å². The minimum atomic E-state index is -0.572. The molecule has 0 spiro atoms. The van der Waals surface area contributed by atoms with Crippen molar-refractivity contribution in [2.45, 2.75) is 51.0 Å². The van der Waals surface area contributed by atoms with Gasteiger partial charge in [0.15, 0.2) is 6.61 Å². The van der Waals surface area contributed by atoms with Crippen molar-refractivity contribution in [2.24, 2.45) is 11.8 Å². The average molecular weight is 469 g/mol. The maximum absolute atomic E-state index is 12.6. The second-order valence-corrected chi connectivity index (χ2v) is 9.73. The summed E-state index contributed by atoms with van der Waals surface area (Å²) in [5.74, 6) is 0.104. The zero-order valence-electron chi connectivity index (χ0n) is 19.4. The molecule has 1 saturated carbocycles. The lowest BCUT2D eigenvalue weighted by molar-refractivity contribution is -0.125. The van der Waals surface area contributed by atoms with Gasteiger partial charge in [-0.05, 0) is 49.4 Å². The number of carbonyl (C=O) groups excluding carboxylic acids is 3. The summed E-state index contributed by atoms with van der Waals surface area (Å²) in [5, 5.41) is 5.86. The van der Waals surface area contributed by atoms with E-state index < -0.39 is 5.97 Å². The second-order valence-electron chi connectivity index (χ2n) is 8.72. The highest BCUT2D eigenvalue weighted by Crippen LogP contribution is 2.29. The highest BCUT2D eigenvalue weighted by Gasteiger charge is 2.28. The molecule has 0 radical (unpaired) electrons. The fraction of sp³-hybridized carbons (Fsp3) is 0.423. The van der Waals surface area contributed by atoms with Crippen molar-refractivity contribution in [1.82, 2.24) is 5.32 Å². The van der Waals surface area contributed by atoms with Gasteiger partial charge in [-0.3, -0.25) is 9.59 Å². The number of anilines is 1. The molecule has 1 fully saturated rings. The van der Waals surface area contributed by atoms with E-state index in [2.05, 4.69) is 24.5 Å². The van der Waals surface area contributed by atoms with E-state index in [1.54, 1.807) is 24.3 Å². The van der Waals surface area contributed by atoms with Crippen LogP contribution in [0.2, 0.25) is 0 Å². The van der Waals surface area contributed by atoms with Crippen LogP contribution in [-0.2, 0) is 14.3 Å². The molecule has 2 amide bonds. The Morgan fingerprint density at radius 2 is 1.73 bits per heavy atom. The molecule has 3 rings (SSSR count). The van der Waals surface area contributed by atoms with Gasteiger partial charge in [-0.25, -0.2) is 4.79 Å². The minimum Gasteiger partial charge on any atom is -0.452 e. The van der Waals surface area contributed by atoms with Crippen LogP contribution in [0.5, 0.6) is 0 Å². The molecule has 0 saturated heterocycles. The number of hydrogen-bond donors (Lipinski definition) is 2. The largest absolute Gasteiger partial charge is 0.452 e. The van der Waals surface area contributed by atoms with Crippen molar-refractivity contribution in [3.05, 3.63) is 59.7 Å². The van der Waals surface area contributed by atoms with Crippen LogP contribution in [0.1, 0.15) is 49.0 Å². The third-order valence-electron chi connectivity index (χ3n) is 6.19. The van der Waals surface area contributed by atoms with Crippen LogP contribution in [0.4, 0.5) is 5.69 Å². The van der Waals surface area contributed by atoms with Crippen LogP contribution in [-0.4, -0.2) is 36.2 Å². The number of rotatable bonds is 8. The lowest BCUT2D eigenvalue weighted by Crippen LogP contribution is -2.45. The molecule has 3 atom stereocenters. The summed E-state index contributed by atoms with van der Waals surface area (Å²) in [5.41, 5.74) is 2.19. The van der Waals surface area contributed by atoms with Crippen molar-refractivity contribution in [3.63, 3.8) is 0 Å². The van der Waals surface area contributed by atoms with Crippen molar-refractivity contribution in [3.8, 4) is 0 Å². The molecule has 2 aromatic rings. The Balaban J connectivity index is 1.50. The fourth-order valence-electron chi connectivity index (χ4n) is 3.98. The van der Waals surface area contributed by atoms with E-state index in [-0.39, 0.29) is 30.2 Å². The Labute approximate surface area is 199 Å². The van der Waals surface area contributed by atoms with E-state index in [1.807, 2.05) is 31.2 Å². The first-order valence-electron chi connectivity index (χ1n) is 11.4. The van der Waals surface area contributed by atoms with Gasteiger partial charge in [0, 0.05) is 16.6 Å². The van der Waals surface area contributed by atoms with Gasteiger partial charge in [-0.15, -0.1) is 11.8 Å². The maximum atomic E-state index is 12.6. The number of hydrogen-bond acceptors (Lipinski definition) is 5. The lowest BCUT2D eigenvalue weighted by atomic mass is 9.78. The van der Waals surface area contributed by atoms with Gasteiger partial charge < -0.3 is 15.4 Å². The van der Waals surface area contributed by atoms with Gasteiger partial charge >= 0.3 is 5.97 Å². The quantitative estimate of drug-likeness (QED) is 0.428. The Morgan fingerprint density at radius 1 is 1.00 bits per heavy atom. The molecular formula is C26H32N2O4S. The average Bonchev–Trinajstić information content (AvgIpc) is 2.81. The molecule has 1 aliphatic carbocycles. The molecule has 0 heterocycles. The summed E-state index contributed by atoms with van der Waals surface area (Å²) < 4.78 is 5.28. The summed E-state index contributed by atoms with van der Waals surface area (Å²) in [7, 11) is 0. The molecule has 2 N–H and O–H groups in total. The van der Waals surface area contributed by atoms with E-state index in [0.717, 1.165) is 24.1 Å². The normalized spacial score (nSPS) is 20.0. The van der Waals surface area contributed by atoms with Gasteiger partial charge in [0.1, 0.15) is 0 Å². The predicted molar refractivity (Wildman–Crippen MR) is 131 cm³/mol. The van der Waals surface area contributed by atoms with E-state index in [0.29, 0.717) is 22.3 Å². The van der Waals surface area contributed by atoms with Crippen molar-refractivity contribution in [1.29, 1.82) is 0 Å². The zero-order chi connectivity index (χ0) is 23.8. The fourth-order valence-corrected chi connectivity index (χ4v) is 4.82. The van der Waals surface area contributed by atoms with E-state index in [9.17, 15) is 14.4 Å². The Morgan fingerprint density at radius 3 is 2.48 bits per heavy atom. The summed E-state index contributed by atoms with van der Waals surface area (Å²) in [6, 6.07) is 14.6. The maximum Gasteiger partial charge on any atom is 0.339 e. The van der Waals surface area contributed by atoms with Crippen molar-refractivity contribution in [2.75, 3.05) is 17.7 Å². The number of aryl methyl sites for hydroxylation is 1. The first-order valence-corrected chi connectivity index (χ1v) is 12.4. The summed E-state index contributed by atoms with van der Waals surface area (Å²) in [6.45, 7) is 6.03. The SMILES string of the molecule is Cc1ccc(NC(=O)CSc2ccccc2C(=O)OCC(=O)N[C@H]2CCC[C@H](C)[C@@H]2C)cc1. The Hall–Kier alpha value is -2.80. The summed E-state index contributed by atoms with van der Waals surface area (Å²) in [6.07, 6.45) is 3.23. The van der Waals surface area contributed by atoms with Crippen molar-refractivity contribution >= 4 is 35.2 Å². The van der Waals surface area contributed by atoms with Gasteiger partial charge in [0.2, 0.25) is 5.91 Å². The molecule has 0 bridgehead atoms. The molecule has 33 heavy (non-hydrogen) atoms. The highest BCUT2D eigenvalue weighted by molar-refractivity contribution is 8.00. The number of thioether (sulfide) groups is 1. The number of amides is 2. The van der Waals surface area contributed by atoms with Gasteiger partial charge in [-0.2, -0.15) is 0 Å².